The van der Waals surface area contributed by atoms with E-state index in [2.05, 4.69) is 4.99 Å². The van der Waals surface area contributed by atoms with E-state index in [9.17, 15) is 10.2 Å². The van der Waals surface area contributed by atoms with Crippen LogP contribution in [0.15, 0.2) is 23.2 Å². The van der Waals surface area contributed by atoms with E-state index in [0.29, 0.717) is 10.6 Å². The molecule has 0 fully saturated rings. The minimum absolute atomic E-state index is 0.139. The van der Waals surface area contributed by atoms with Gasteiger partial charge in [0.15, 0.2) is 0 Å². The second kappa shape index (κ2) is 6.07. The van der Waals surface area contributed by atoms with Gasteiger partial charge >= 0.3 is 0 Å². The van der Waals surface area contributed by atoms with Crippen LogP contribution in [0.1, 0.15) is 31.9 Å². The number of rotatable bonds is 3. The molecule has 1 rings (SSSR count). The van der Waals surface area contributed by atoms with Crippen molar-refractivity contribution in [3.8, 4) is 0 Å². The van der Waals surface area contributed by atoms with E-state index in [0.717, 1.165) is 5.56 Å². The number of hydrogen-bond donors (Lipinski definition) is 1. The molecule has 0 amide bonds. The zero-order chi connectivity index (χ0) is 13.8. The van der Waals surface area contributed by atoms with Crippen LogP contribution in [-0.2, 0) is 17.9 Å². The lowest BCUT2D eigenvalue weighted by molar-refractivity contribution is -0.260. The Morgan fingerprint density at radius 3 is 2.61 bits per heavy atom. The average Bonchev–Trinajstić information content (AvgIpc) is 2.24. The Labute approximate surface area is 112 Å². The molecule has 0 aliphatic rings. The normalized spacial score (nSPS) is 12.6. The van der Waals surface area contributed by atoms with Gasteiger partial charge in [0.2, 0.25) is 0 Å². The molecule has 0 aromatic heterocycles. The summed E-state index contributed by atoms with van der Waals surface area (Å²) in [6.07, 6.45) is -0.610. The first kappa shape index (κ1) is 14.8. The Balaban J connectivity index is 2.76. The first-order chi connectivity index (χ1) is 8.31. The molecule has 0 aliphatic carbocycles. The van der Waals surface area contributed by atoms with Crippen molar-refractivity contribution < 1.29 is 14.9 Å². The molecule has 5 heteroatoms. The molecule has 0 saturated carbocycles. The molecule has 0 unspecified atom stereocenters. The first-order valence-electron chi connectivity index (χ1n) is 5.60. The Hall–Kier alpha value is -1.26. The van der Waals surface area contributed by atoms with E-state index in [1.54, 1.807) is 39.0 Å². The second-order valence-electron chi connectivity index (χ2n) is 4.87. The van der Waals surface area contributed by atoms with E-state index in [1.807, 2.05) is 0 Å². The first-order valence-corrected chi connectivity index (χ1v) is 5.98. The summed E-state index contributed by atoms with van der Waals surface area (Å²) in [5, 5.41) is 21.1. The molecule has 0 aliphatic heterocycles. The second-order valence-corrected chi connectivity index (χ2v) is 5.30. The van der Waals surface area contributed by atoms with E-state index in [4.69, 9.17) is 16.3 Å². The largest absolute Gasteiger partial charge is 0.595 e. The fourth-order valence-corrected chi connectivity index (χ4v) is 1.53. The maximum atomic E-state index is 11.4. The fraction of sp³-hybridized carbons (Fsp3) is 0.462. The Kier molecular flexibility index (Phi) is 4.99. The van der Waals surface area contributed by atoms with Crippen LogP contribution in [0.25, 0.3) is 0 Å². The van der Waals surface area contributed by atoms with Gasteiger partial charge in [0.1, 0.15) is 6.08 Å². The van der Waals surface area contributed by atoms with E-state index >= 15 is 0 Å². The fourth-order valence-electron chi connectivity index (χ4n) is 1.34. The van der Waals surface area contributed by atoms with Crippen molar-refractivity contribution in [3.05, 3.63) is 34.3 Å². The molecule has 0 saturated heterocycles. The molecule has 0 radical (unpaired) electrons. The molecule has 0 atom stereocenters. The van der Waals surface area contributed by atoms with Crippen molar-refractivity contribution in [3.63, 3.8) is 0 Å². The van der Waals surface area contributed by atoms with Crippen LogP contribution in [0, 0.1) is 0 Å². The van der Waals surface area contributed by atoms with Gasteiger partial charge in [-0.05, 0) is 23.3 Å². The standard InChI is InChI=1S/C13H18ClNO3/c1-13(2,3)18-12(17)15-7-9-4-5-11(14)6-10(9)8-16/h4-6,16H,7-8H2,1-3H3,(H,15,17)/p-1. The van der Waals surface area contributed by atoms with Crippen LogP contribution in [0.3, 0.4) is 0 Å². The third-order valence-corrected chi connectivity index (χ3v) is 2.35. The number of aliphatic hydroxyl groups excluding tert-OH is 1. The van der Waals surface area contributed by atoms with Gasteiger partial charge in [0.05, 0.1) is 13.2 Å². The van der Waals surface area contributed by atoms with Gasteiger partial charge in [0.25, 0.3) is 0 Å². The number of hydrogen-bond acceptors (Lipinski definition) is 4. The molecule has 18 heavy (non-hydrogen) atoms. The highest BCUT2D eigenvalue weighted by Crippen LogP contribution is 2.17. The lowest BCUT2D eigenvalue weighted by Gasteiger charge is -2.29. The molecular weight excluding hydrogens is 254 g/mol. The Bertz CT molecular complexity index is 438. The predicted octanol–water partition coefficient (Wildman–Crippen LogP) is 1.86. The maximum absolute atomic E-state index is 11.4. The van der Waals surface area contributed by atoms with Gasteiger partial charge in [-0.15, -0.1) is 0 Å². The number of aliphatic imine (C=N–C) groups is 1. The zero-order valence-corrected chi connectivity index (χ0v) is 11.5. The van der Waals surface area contributed by atoms with E-state index in [1.165, 1.54) is 0 Å². The highest BCUT2D eigenvalue weighted by Gasteiger charge is 2.05. The van der Waals surface area contributed by atoms with Gasteiger partial charge in [-0.2, -0.15) is 0 Å². The van der Waals surface area contributed by atoms with Crippen molar-refractivity contribution in [2.24, 2.45) is 4.99 Å². The number of aliphatic hydroxyl groups is 1. The summed E-state index contributed by atoms with van der Waals surface area (Å²) in [5.41, 5.74) is 0.864. The average molecular weight is 271 g/mol. The quantitative estimate of drug-likeness (QED) is 0.674. The molecule has 1 aromatic carbocycles. The van der Waals surface area contributed by atoms with Crippen LogP contribution in [0.4, 0.5) is 0 Å². The van der Waals surface area contributed by atoms with Crippen LogP contribution < -0.4 is 5.11 Å². The smallest absolute Gasteiger partial charge is 0.146 e. The third kappa shape index (κ3) is 4.94. The van der Waals surface area contributed by atoms with Gasteiger partial charge in [-0.1, -0.05) is 38.4 Å². The number of nitrogens with zero attached hydrogens (tertiary/aromatic N) is 1. The predicted molar refractivity (Wildman–Crippen MR) is 69.4 cm³/mol. The minimum atomic E-state index is -0.610. The zero-order valence-electron chi connectivity index (χ0n) is 10.7. The lowest BCUT2D eigenvalue weighted by atomic mass is 10.1. The molecule has 4 nitrogen and oxygen atoms in total. The molecular formula is C13H17ClNO3-. The summed E-state index contributed by atoms with van der Waals surface area (Å²) >= 11 is 5.81. The van der Waals surface area contributed by atoms with E-state index < -0.39 is 11.7 Å². The number of benzene rings is 1. The monoisotopic (exact) mass is 270 g/mol. The van der Waals surface area contributed by atoms with Crippen LogP contribution >= 0.6 is 11.6 Å². The van der Waals surface area contributed by atoms with Gasteiger partial charge < -0.3 is 14.9 Å². The number of ether oxygens (including phenoxy) is 1. The maximum Gasteiger partial charge on any atom is 0.146 e. The Morgan fingerprint density at radius 2 is 2.06 bits per heavy atom. The molecule has 0 heterocycles. The van der Waals surface area contributed by atoms with Crippen molar-refractivity contribution in [2.45, 2.75) is 39.5 Å². The molecule has 1 aromatic rings. The van der Waals surface area contributed by atoms with Gasteiger partial charge in [0, 0.05) is 10.6 Å². The van der Waals surface area contributed by atoms with Crippen molar-refractivity contribution >= 4 is 17.7 Å². The SMILES string of the molecule is CC(C)(C)OC([O-])=NCc1ccc(Cl)cc1CO. The van der Waals surface area contributed by atoms with Crippen molar-refractivity contribution in [1.29, 1.82) is 0 Å². The molecule has 1 N–H and O–H groups in total. The lowest BCUT2D eigenvalue weighted by Crippen LogP contribution is -2.31. The van der Waals surface area contributed by atoms with Crippen LogP contribution in [0.2, 0.25) is 5.02 Å². The highest BCUT2D eigenvalue weighted by atomic mass is 35.5. The highest BCUT2D eigenvalue weighted by molar-refractivity contribution is 6.30. The molecule has 100 valence electrons. The Morgan fingerprint density at radius 1 is 1.39 bits per heavy atom. The summed E-state index contributed by atoms with van der Waals surface area (Å²) in [5.74, 6) is 0. The van der Waals surface area contributed by atoms with Crippen LogP contribution in [0.5, 0.6) is 0 Å². The van der Waals surface area contributed by atoms with Crippen LogP contribution in [-0.4, -0.2) is 16.8 Å². The van der Waals surface area contributed by atoms with Crippen molar-refractivity contribution in [1.82, 2.24) is 0 Å². The summed E-state index contributed by atoms with van der Waals surface area (Å²) < 4.78 is 5.06. The third-order valence-electron chi connectivity index (χ3n) is 2.11. The summed E-state index contributed by atoms with van der Waals surface area (Å²) in [6, 6.07) is 5.09. The summed E-state index contributed by atoms with van der Waals surface area (Å²) in [7, 11) is 0. The summed E-state index contributed by atoms with van der Waals surface area (Å²) in [4.78, 5) is 3.80. The molecule has 0 bridgehead atoms. The minimum Gasteiger partial charge on any atom is -0.595 e. The summed E-state index contributed by atoms with van der Waals surface area (Å²) in [6.45, 7) is 5.37. The van der Waals surface area contributed by atoms with E-state index in [-0.39, 0.29) is 13.2 Å². The van der Waals surface area contributed by atoms with Crippen molar-refractivity contribution in [2.75, 3.05) is 0 Å². The molecule has 0 spiro atoms. The topological polar surface area (TPSA) is 64.9 Å². The number of halogens is 1. The van der Waals surface area contributed by atoms with Gasteiger partial charge in [-0.3, -0.25) is 4.99 Å². The van der Waals surface area contributed by atoms with Gasteiger partial charge in [-0.25, -0.2) is 0 Å².